The van der Waals surface area contributed by atoms with Crippen molar-refractivity contribution in [2.75, 3.05) is 13.7 Å². The van der Waals surface area contributed by atoms with Crippen molar-refractivity contribution >= 4 is 27.3 Å². The quantitative estimate of drug-likeness (QED) is 0.758. The third kappa shape index (κ3) is 4.02. The Bertz CT molecular complexity index is 613. The number of aryl methyl sites for hydroxylation is 1. The molecule has 3 rings (SSSR count). The molecule has 4 nitrogen and oxygen atoms in total. The number of nitrogens with one attached hydrogen (secondary N) is 1. The number of rotatable bonds is 7. The number of hydrogen-bond donors (Lipinski definition) is 1. The van der Waals surface area contributed by atoms with Crippen molar-refractivity contribution < 1.29 is 4.74 Å². The van der Waals surface area contributed by atoms with Crippen molar-refractivity contribution in [2.45, 2.75) is 31.7 Å². The summed E-state index contributed by atoms with van der Waals surface area (Å²) in [5, 5.41) is 14.2. The summed E-state index contributed by atoms with van der Waals surface area (Å²) in [7, 11) is 1.67. The first-order chi connectivity index (χ1) is 10.3. The smallest absolute Gasteiger partial charge is 0.147 e. The van der Waals surface area contributed by atoms with Gasteiger partial charge in [-0.2, -0.15) is 0 Å². The molecule has 6 heteroatoms. The van der Waals surface area contributed by atoms with E-state index < -0.39 is 0 Å². The van der Waals surface area contributed by atoms with Gasteiger partial charge in [0.05, 0.1) is 11.6 Å². The van der Waals surface area contributed by atoms with Crippen LogP contribution in [0.3, 0.4) is 0 Å². The summed E-state index contributed by atoms with van der Waals surface area (Å²) in [4.78, 5) is 0. The topological polar surface area (TPSA) is 47.0 Å². The predicted molar refractivity (Wildman–Crippen MR) is 88.9 cm³/mol. The van der Waals surface area contributed by atoms with Crippen molar-refractivity contribution in [2.24, 2.45) is 0 Å². The molecule has 1 saturated carbocycles. The van der Waals surface area contributed by atoms with Crippen LogP contribution in [-0.2, 0) is 6.42 Å². The second-order valence-corrected chi connectivity index (χ2v) is 7.10. The summed E-state index contributed by atoms with van der Waals surface area (Å²) in [6.45, 7) is 1.08. The van der Waals surface area contributed by atoms with E-state index in [9.17, 15) is 0 Å². The summed E-state index contributed by atoms with van der Waals surface area (Å²) in [6.07, 6.45) is 4.80. The Labute approximate surface area is 137 Å². The average molecular weight is 368 g/mol. The largest absolute Gasteiger partial charge is 0.496 e. The zero-order valence-corrected chi connectivity index (χ0v) is 14.3. The predicted octanol–water partition coefficient (Wildman–Crippen LogP) is 3.66. The molecule has 0 saturated heterocycles. The van der Waals surface area contributed by atoms with Gasteiger partial charge in [0.15, 0.2) is 0 Å². The van der Waals surface area contributed by atoms with Crippen molar-refractivity contribution in [3.05, 3.63) is 27.7 Å². The Morgan fingerprint density at radius 3 is 2.95 bits per heavy atom. The van der Waals surface area contributed by atoms with Gasteiger partial charge in [-0.1, -0.05) is 11.3 Å². The van der Waals surface area contributed by atoms with Crippen molar-refractivity contribution in [3.63, 3.8) is 0 Å². The summed E-state index contributed by atoms with van der Waals surface area (Å²) in [6, 6.07) is 6.77. The van der Waals surface area contributed by atoms with Crippen LogP contribution in [0.4, 0.5) is 0 Å². The van der Waals surface area contributed by atoms with Crippen molar-refractivity contribution in [1.82, 2.24) is 15.5 Å². The molecule has 0 radical (unpaired) electrons. The number of halogens is 1. The van der Waals surface area contributed by atoms with Gasteiger partial charge in [0.25, 0.3) is 0 Å². The molecule has 1 fully saturated rings. The lowest BCUT2D eigenvalue weighted by atomic mass is 10.2. The van der Waals surface area contributed by atoms with E-state index >= 15 is 0 Å². The van der Waals surface area contributed by atoms with Crippen molar-refractivity contribution in [1.29, 1.82) is 0 Å². The molecule has 1 N–H and O–H groups in total. The zero-order chi connectivity index (χ0) is 14.7. The van der Waals surface area contributed by atoms with Gasteiger partial charge in [-0.05, 0) is 59.9 Å². The van der Waals surface area contributed by atoms with E-state index in [1.54, 1.807) is 18.4 Å². The van der Waals surface area contributed by atoms with Crippen molar-refractivity contribution in [3.8, 4) is 16.3 Å². The van der Waals surface area contributed by atoms with Gasteiger partial charge < -0.3 is 10.1 Å². The van der Waals surface area contributed by atoms with Crippen LogP contribution < -0.4 is 10.1 Å². The number of aromatic nitrogens is 2. The Morgan fingerprint density at radius 2 is 2.24 bits per heavy atom. The Kier molecular flexibility index (Phi) is 4.87. The molecule has 1 aliphatic carbocycles. The van der Waals surface area contributed by atoms with E-state index in [0.717, 1.165) is 51.2 Å². The van der Waals surface area contributed by atoms with Crippen LogP contribution in [-0.4, -0.2) is 29.9 Å². The van der Waals surface area contributed by atoms with E-state index in [1.165, 1.54) is 12.8 Å². The van der Waals surface area contributed by atoms with E-state index in [4.69, 9.17) is 4.74 Å². The highest BCUT2D eigenvalue weighted by Crippen LogP contribution is 2.32. The lowest BCUT2D eigenvalue weighted by Gasteiger charge is -2.03. The van der Waals surface area contributed by atoms with E-state index in [-0.39, 0.29) is 0 Å². The number of nitrogens with zero attached hydrogens (tertiary/aromatic N) is 2. The fourth-order valence-electron chi connectivity index (χ4n) is 2.10. The Morgan fingerprint density at radius 1 is 1.38 bits per heavy atom. The molecule has 1 heterocycles. The molecule has 1 aromatic heterocycles. The molecule has 1 aliphatic rings. The molecular weight excluding hydrogens is 350 g/mol. The first-order valence-electron chi connectivity index (χ1n) is 7.16. The molecule has 112 valence electrons. The molecule has 0 amide bonds. The monoisotopic (exact) mass is 367 g/mol. The molecule has 0 aliphatic heterocycles. The van der Waals surface area contributed by atoms with Gasteiger partial charge in [0.1, 0.15) is 15.8 Å². The molecule has 0 atom stereocenters. The third-order valence-corrected chi connectivity index (χ3v) is 5.10. The Hall–Kier alpha value is -0.980. The van der Waals surface area contributed by atoms with Crippen LogP contribution in [0.15, 0.2) is 22.7 Å². The number of ether oxygens (including phenoxy) is 1. The highest BCUT2D eigenvalue weighted by atomic mass is 79.9. The number of hydrogen-bond acceptors (Lipinski definition) is 5. The Balaban J connectivity index is 1.59. The molecule has 21 heavy (non-hydrogen) atoms. The molecule has 1 aromatic carbocycles. The minimum atomic E-state index is 0.784. The van der Waals surface area contributed by atoms with E-state index in [1.807, 2.05) is 18.2 Å². The van der Waals surface area contributed by atoms with Crippen LogP contribution >= 0.6 is 27.3 Å². The van der Waals surface area contributed by atoms with Crippen LogP contribution in [0, 0.1) is 0 Å². The normalized spacial score (nSPS) is 14.4. The number of methoxy groups -OCH3 is 1. The maximum Gasteiger partial charge on any atom is 0.147 e. The summed E-state index contributed by atoms with van der Waals surface area (Å²) >= 11 is 5.18. The minimum Gasteiger partial charge on any atom is -0.496 e. The summed E-state index contributed by atoms with van der Waals surface area (Å²) < 4.78 is 6.18. The maximum atomic E-state index is 5.24. The van der Waals surface area contributed by atoms with Crippen LogP contribution in [0.25, 0.3) is 10.6 Å². The highest BCUT2D eigenvalue weighted by molar-refractivity contribution is 9.10. The maximum absolute atomic E-state index is 5.24. The second-order valence-electron chi connectivity index (χ2n) is 5.18. The van der Waals surface area contributed by atoms with Crippen LogP contribution in [0.1, 0.15) is 24.3 Å². The molecule has 0 bridgehead atoms. The van der Waals surface area contributed by atoms with E-state index in [2.05, 4.69) is 31.4 Å². The lowest BCUT2D eigenvalue weighted by molar-refractivity contribution is 0.412. The van der Waals surface area contributed by atoms with Gasteiger partial charge in [0.2, 0.25) is 0 Å². The first-order valence-corrected chi connectivity index (χ1v) is 8.77. The van der Waals surface area contributed by atoms with Crippen LogP contribution in [0.2, 0.25) is 0 Å². The SMILES string of the molecule is COc1ccc(-c2nnc(CCCNC3CC3)s2)cc1Br. The molecule has 0 spiro atoms. The molecular formula is C15H18BrN3OS. The van der Waals surface area contributed by atoms with Gasteiger partial charge in [-0.25, -0.2) is 0 Å². The van der Waals surface area contributed by atoms with Crippen LogP contribution in [0.5, 0.6) is 5.75 Å². The molecule has 0 unspecified atom stereocenters. The second kappa shape index (κ2) is 6.85. The van der Waals surface area contributed by atoms with Gasteiger partial charge in [-0.3, -0.25) is 0 Å². The fraction of sp³-hybridized carbons (Fsp3) is 0.467. The number of benzene rings is 1. The lowest BCUT2D eigenvalue weighted by Crippen LogP contribution is -2.17. The van der Waals surface area contributed by atoms with Gasteiger partial charge >= 0.3 is 0 Å². The van der Waals surface area contributed by atoms with Gasteiger partial charge in [0, 0.05) is 18.0 Å². The average Bonchev–Trinajstić information content (AvgIpc) is 3.20. The van der Waals surface area contributed by atoms with Gasteiger partial charge in [-0.15, -0.1) is 10.2 Å². The minimum absolute atomic E-state index is 0.784. The summed E-state index contributed by atoms with van der Waals surface area (Å²) in [5.74, 6) is 0.828. The first kappa shape index (κ1) is 14.9. The third-order valence-electron chi connectivity index (χ3n) is 3.44. The summed E-state index contributed by atoms with van der Waals surface area (Å²) in [5.41, 5.74) is 1.07. The standard InChI is InChI=1S/C15H18BrN3OS/c1-20-13-7-4-10(9-12(13)16)15-19-18-14(21-15)3-2-8-17-11-5-6-11/h4,7,9,11,17H,2-3,5-6,8H2,1H3. The van der Waals surface area contributed by atoms with E-state index in [0.29, 0.717) is 0 Å². The fourth-order valence-corrected chi connectivity index (χ4v) is 3.52. The molecule has 2 aromatic rings. The zero-order valence-electron chi connectivity index (χ0n) is 11.9. The highest BCUT2D eigenvalue weighted by Gasteiger charge is 2.19.